The molecule has 1 amide bonds. The van der Waals surface area contributed by atoms with Crippen LogP contribution in [0.4, 0.5) is 19.4 Å². The fraction of sp³-hybridized carbons (Fsp3) is 0.176. The van der Waals surface area contributed by atoms with E-state index in [0.717, 1.165) is 0 Å². The predicted octanol–water partition coefficient (Wildman–Crippen LogP) is 6.74. The first-order valence-corrected chi connectivity index (χ1v) is 10.4. The lowest BCUT2D eigenvalue weighted by Gasteiger charge is -2.40. The van der Waals surface area contributed by atoms with Gasteiger partial charge in [-0.3, -0.25) is 4.79 Å². The fourth-order valence-electron chi connectivity index (χ4n) is 2.08. The van der Waals surface area contributed by atoms with Crippen LogP contribution in [-0.4, -0.2) is 18.1 Å². The van der Waals surface area contributed by atoms with Gasteiger partial charge in [-0.15, -0.1) is 0 Å². The molecule has 0 aliphatic heterocycles. The van der Waals surface area contributed by atoms with Crippen molar-refractivity contribution in [2.75, 3.05) is 6.61 Å². The summed E-state index contributed by atoms with van der Waals surface area (Å²) in [6, 6.07) is 7.57. The fourth-order valence-corrected chi connectivity index (χ4v) is 3.02. The summed E-state index contributed by atoms with van der Waals surface area (Å²) >= 11 is 11.6. The largest absolute Gasteiger partial charge is 0.490 e. The van der Waals surface area contributed by atoms with Gasteiger partial charge in [0, 0.05) is 11.6 Å². The molecule has 29 heavy (non-hydrogen) atoms. The third-order valence-corrected chi connectivity index (χ3v) is 5.52. The second kappa shape index (κ2) is 6.93. The number of nitrogens with zero attached hydrogens (tertiary/aromatic N) is 1. The van der Waals surface area contributed by atoms with Gasteiger partial charge in [-0.05, 0) is 43.3 Å². The molecule has 2 aromatic rings. The first-order chi connectivity index (χ1) is 13.0. The highest BCUT2D eigenvalue weighted by molar-refractivity contribution is 8.45. The molecule has 1 unspecified atom stereocenters. The van der Waals surface area contributed by atoms with Crippen LogP contribution < -0.4 is 10.1 Å². The van der Waals surface area contributed by atoms with Gasteiger partial charge in [-0.1, -0.05) is 42.6 Å². The number of benzene rings is 2. The first kappa shape index (κ1) is 23.1. The lowest BCUT2D eigenvalue weighted by Crippen LogP contribution is -2.49. The molecular formula is C17H13Cl2F5N2O2S. The predicted molar refractivity (Wildman–Crippen MR) is 101 cm³/mol. The van der Waals surface area contributed by atoms with Gasteiger partial charge in [0.2, 0.25) is 0 Å². The van der Waals surface area contributed by atoms with E-state index in [1.165, 1.54) is 25.1 Å². The molecule has 0 aliphatic carbocycles. The summed E-state index contributed by atoms with van der Waals surface area (Å²) in [6.45, 7) is 0.974. The van der Waals surface area contributed by atoms with Crippen LogP contribution in [-0.2, 0) is 0 Å². The maximum absolute atomic E-state index is 12.7. The van der Waals surface area contributed by atoms with Crippen LogP contribution in [0.1, 0.15) is 17.3 Å². The van der Waals surface area contributed by atoms with Crippen LogP contribution in [0.2, 0.25) is 10.0 Å². The zero-order valence-electron chi connectivity index (χ0n) is 14.6. The minimum absolute atomic E-state index is 0.117. The summed E-state index contributed by atoms with van der Waals surface area (Å²) in [6.07, 6.45) is 0. The third kappa shape index (κ3) is 6.13. The molecule has 0 saturated carbocycles. The molecule has 0 heterocycles. The van der Waals surface area contributed by atoms with E-state index in [4.69, 9.17) is 27.9 Å². The summed E-state index contributed by atoms with van der Waals surface area (Å²) in [4.78, 5) is 10.1. The van der Waals surface area contributed by atoms with E-state index in [1.54, 1.807) is 0 Å². The molecular weight excluding hydrogens is 462 g/mol. The Balaban J connectivity index is 2.12. The van der Waals surface area contributed by atoms with E-state index in [1.807, 2.05) is 6.07 Å². The van der Waals surface area contributed by atoms with Crippen molar-refractivity contribution in [2.24, 2.45) is 0 Å². The number of nitrogens with one attached hydrogen (secondary N) is 1. The van der Waals surface area contributed by atoms with Crippen molar-refractivity contribution < 1.29 is 29.0 Å². The number of carbonyl (C=O) groups excluding carboxylic acids is 1. The first-order valence-electron chi connectivity index (χ1n) is 7.69. The van der Waals surface area contributed by atoms with Crippen molar-refractivity contribution in [3.8, 4) is 11.8 Å². The number of amides is 1. The standard InChI is InChI=1S/C17H13Cl2F5N2O2S/c1-17(9-25,10-28-12-4-7-14(18)15(19)8-12)26-16(27)11-2-5-13(6-3-11)29(20,21,22,23)24/h2-8H,10H2,1H3,(H,26,27). The van der Waals surface area contributed by atoms with E-state index < -0.39 is 26.6 Å². The molecule has 4 nitrogen and oxygen atoms in total. The summed E-state index contributed by atoms with van der Waals surface area (Å²) in [5.74, 6) is -0.684. The second-order valence-electron chi connectivity index (χ2n) is 6.26. The minimum Gasteiger partial charge on any atom is -0.490 e. The van der Waals surface area contributed by atoms with Crippen LogP contribution in [0, 0.1) is 11.3 Å². The van der Waals surface area contributed by atoms with Crippen molar-refractivity contribution in [3.05, 3.63) is 58.1 Å². The van der Waals surface area contributed by atoms with Gasteiger partial charge < -0.3 is 10.1 Å². The number of carbonyl (C=O) groups is 1. The van der Waals surface area contributed by atoms with Crippen molar-refractivity contribution in [2.45, 2.75) is 17.4 Å². The third-order valence-electron chi connectivity index (χ3n) is 3.62. The van der Waals surface area contributed by atoms with Crippen LogP contribution in [0.3, 0.4) is 0 Å². The van der Waals surface area contributed by atoms with Gasteiger partial charge in [0.1, 0.15) is 17.3 Å². The average molecular weight is 475 g/mol. The summed E-state index contributed by atoms with van der Waals surface area (Å²) in [5.41, 5.74) is -1.92. The number of ether oxygens (including phenoxy) is 1. The number of halogens is 7. The summed E-state index contributed by atoms with van der Waals surface area (Å²) in [7, 11) is -9.84. The van der Waals surface area contributed by atoms with Gasteiger partial charge in [0.05, 0.1) is 16.1 Å². The topological polar surface area (TPSA) is 62.1 Å². The quantitative estimate of drug-likeness (QED) is 0.471. The molecule has 0 aromatic heterocycles. The number of hydrogen-bond donors (Lipinski definition) is 1. The van der Waals surface area contributed by atoms with E-state index >= 15 is 0 Å². The highest BCUT2D eigenvalue weighted by Crippen LogP contribution is 3.02. The highest BCUT2D eigenvalue weighted by atomic mass is 35.5. The van der Waals surface area contributed by atoms with Gasteiger partial charge in [0.15, 0.2) is 5.54 Å². The SMILES string of the molecule is CC(C#N)(COc1ccc(Cl)c(Cl)c1)NC(=O)c1ccc(S(F)(F)(F)(F)F)cc1. The smallest absolute Gasteiger partial charge is 0.310 e. The van der Waals surface area contributed by atoms with Crippen LogP contribution >= 0.6 is 33.4 Å². The van der Waals surface area contributed by atoms with E-state index in [-0.39, 0.29) is 40.1 Å². The molecule has 12 heteroatoms. The molecule has 1 N–H and O–H groups in total. The number of hydrogen-bond acceptors (Lipinski definition) is 3. The highest BCUT2D eigenvalue weighted by Gasteiger charge is 2.65. The zero-order chi connectivity index (χ0) is 22.2. The van der Waals surface area contributed by atoms with Crippen molar-refractivity contribution in [1.29, 1.82) is 5.26 Å². The molecule has 0 saturated heterocycles. The van der Waals surface area contributed by atoms with Crippen LogP contribution in [0.5, 0.6) is 5.75 Å². The normalized spacial score (nSPS) is 16.0. The maximum atomic E-state index is 12.7. The molecule has 0 aliphatic rings. The molecule has 0 radical (unpaired) electrons. The van der Waals surface area contributed by atoms with Crippen molar-refractivity contribution in [1.82, 2.24) is 5.32 Å². The molecule has 0 fully saturated rings. The van der Waals surface area contributed by atoms with Crippen molar-refractivity contribution in [3.63, 3.8) is 0 Å². The lowest BCUT2D eigenvalue weighted by molar-refractivity contribution is 0.0901. The van der Waals surface area contributed by atoms with Gasteiger partial charge in [-0.2, -0.15) is 5.26 Å². The van der Waals surface area contributed by atoms with Crippen LogP contribution in [0.15, 0.2) is 47.4 Å². The Bertz CT molecular complexity index is 995. The van der Waals surface area contributed by atoms with E-state index in [2.05, 4.69) is 5.32 Å². The number of nitriles is 1. The van der Waals surface area contributed by atoms with Gasteiger partial charge >= 0.3 is 10.2 Å². The summed E-state index contributed by atoms with van der Waals surface area (Å²) in [5, 5.41) is 12.1. The zero-order valence-corrected chi connectivity index (χ0v) is 16.9. The van der Waals surface area contributed by atoms with Gasteiger partial charge in [0.25, 0.3) is 5.91 Å². The Morgan fingerprint density at radius 3 is 2.17 bits per heavy atom. The molecule has 2 aromatic carbocycles. The second-order valence-corrected chi connectivity index (χ2v) is 9.48. The number of rotatable bonds is 6. The molecule has 0 bridgehead atoms. The lowest BCUT2D eigenvalue weighted by atomic mass is 10.1. The Morgan fingerprint density at radius 2 is 1.69 bits per heavy atom. The average Bonchev–Trinajstić information content (AvgIpc) is 2.61. The Morgan fingerprint density at radius 1 is 1.10 bits per heavy atom. The summed E-state index contributed by atoms with van der Waals surface area (Å²) < 4.78 is 69.1. The van der Waals surface area contributed by atoms with Gasteiger partial charge in [-0.25, -0.2) is 0 Å². The minimum atomic E-state index is -9.84. The van der Waals surface area contributed by atoms with E-state index in [9.17, 15) is 29.5 Å². The molecule has 2 rings (SSSR count). The van der Waals surface area contributed by atoms with Crippen LogP contribution in [0.25, 0.3) is 0 Å². The van der Waals surface area contributed by atoms with Crippen molar-refractivity contribution >= 4 is 39.3 Å². The molecule has 158 valence electrons. The molecule has 1 atom stereocenters. The Kier molecular flexibility index (Phi) is 5.51. The Labute approximate surface area is 172 Å². The maximum Gasteiger partial charge on any atom is 0.310 e. The molecule has 0 spiro atoms. The Hall–Kier alpha value is -2.22. The monoisotopic (exact) mass is 474 g/mol. The van der Waals surface area contributed by atoms with E-state index in [0.29, 0.717) is 12.1 Å².